The number of nitrogens with zero attached hydrogens (tertiary/aromatic N) is 5. The molecule has 0 radical (unpaired) electrons. The van der Waals surface area contributed by atoms with E-state index in [1.165, 1.54) is 0 Å². The number of aryl methyl sites for hydroxylation is 3. The van der Waals surface area contributed by atoms with Gasteiger partial charge >= 0.3 is 0 Å². The van der Waals surface area contributed by atoms with E-state index in [0.717, 1.165) is 0 Å². The van der Waals surface area contributed by atoms with Crippen LogP contribution in [0, 0.1) is 0 Å². The van der Waals surface area contributed by atoms with Gasteiger partial charge in [-0.2, -0.15) is 0 Å². The van der Waals surface area contributed by atoms with Crippen LogP contribution in [0.4, 0.5) is 0 Å². The summed E-state index contributed by atoms with van der Waals surface area (Å²) in [5, 5.41) is 10.6. The number of hydrogen-bond donors (Lipinski definition) is 1. The smallest absolute Gasteiger partial charge is 0.133 e. The molecule has 0 saturated carbocycles. The average molecular weight is 345 g/mol. The van der Waals surface area contributed by atoms with E-state index in [9.17, 15) is 0 Å². The molecule has 0 unspecified atom stereocenters. The molecule has 0 aliphatic heterocycles. The first-order valence-corrected chi connectivity index (χ1v) is 8.14. The van der Waals surface area contributed by atoms with Gasteiger partial charge < -0.3 is 18.8 Å². The molecule has 0 spiro atoms. The standard InChI is InChI=1S/C5H7NO.C5H7N.C4H6N2.C3H3NS/c1-6-3-2-5(7)4-6;1-6-4-2-3-5-6;1-6-3-2-5-4-6;1-2-5-3-4-1/h2-4,7H,1H3;2-5H,1H3;2-4H,1H3;1-3H. The van der Waals surface area contributed by atoms with Crippen LogP contribution in [-0.2, 0) is 21.1 Å². The molecule has 0 aliphatic carbocycles. The molecule has 4 heterocycles. The topological polar surface area (TPSA) is 60.8 Å². The predicted octanol–water partition coefficient (Wildman–Crippen LogP) is 3.32. The highest BCUT2D eigenvalue weighted by atomic mass is 32.1. The lowest BCUT2D eigenvalue weighted by molar-refractivity contribution is 0.474. The summed E-state index contributed by atoms with van der Waals surface area (Å²) in [4.78, 5) is 7.53. The van der Waals surface area contributed by atoms with Crippen LogP contribution in [-0.4, -0.2) is 28.8 Å². The van der Waals surface area contributed by atoms with Gasteiger partial charge in [0.25, 0.3) is 0 Å². The van der Waals surface area contributed by atoms with Crippen molar-refractivity contribution >= 4 is 11.3 Å². The summed E-state index contributed by atoms with van der Waals surface area (Å²) in [7, 11) is 5.80. The van der Waals surface area contributed by atoms with E-state index in [4.69, 9.17) is 5.11 Å². The summed E-state index contributed by atoms with van der Waals surface area (Å²) in [5.74, 6) is 0.322. The number of imidazole rings is 1. The molecule has 128 valence electrons. The molecular weight excluding hydrogens is 322 g/mol. The van der Waals surface area contributed by atoms with Gasteiger partial charge in [0.15, 0.2) is 0 Å². The van der Waals surface area contributed by atoms with Crippen molar-refractivity contribution in [3.05, 3.63) is 78.8 Å². The van der Waals surface area contributed by atoms with E-state index in [0.29, 0.717) is 5.75 Å². The average Bonchev–Trinajstić information content (AvgIpc) is 3.31. The van der Waals surface area contributed by atoms with Crippen molar-refractivity contribution in [2.75, 3.05) is 0 Å². The second-order valence-corrected chi connectivity index (χ2v) is 5.54. The van der Waals surface area contributed by atoms with Crippen LogP contribution in [0.25, 0.3) is 0 Å². The molecule has 0 amide bonds. The summed E-state index contributed by atoms with van der Waals surface area (Å²) in [6.07, 6.45) is 14.6. The third-order valence-electron chi connectivity index (χ3n) is 2.55. The monoisotopic (exact) mass is 345 g/mol. The van der Waals surface area contributed by atoms with E-state index in [1.54, 1.807) is 58.6 Å². The van der Waals surface area contributed by atoms with Crippen molar-refractivity contribution in [2.24, 2.45) is 21.1 Å². The van der Waals surface area contributed by atoms with Gasteiger partial charge in [-0.15, -0.1) is 11.3 Å². The fourth-order valence-corrected chi connectivity index (χ4v) is 1.76. The SMILES string of the molecule is Cn1ccc(O)c1.Cn1cccc1.Cn1ccnc1.c1cscn1. The fourth-order valence-electron chi connectivity index (χ4n) is 1.41. The molecular formula is C17H23N5OS. The number of hydrogen-bond acceptors (Lipinski definition) is 4. The second kappa shape index (κ2) is 11.7. The summed E-state index contributed by atoms with van der Waals surface area (Å²) >= 11 is 1.60. The van der Waals surface area contributed by atoms with E-state index in [2.05, 4.69) is 9.97 Å². The number of thiazole rings is 1. The molecule has 0 bridgehead atoms. The lowest BCUT2D eigenvalue weighted by Crippen LogP contribution is -1.76. The molecule has 4 aromatic rings. The third-order valence-corrected chi connectivity index (χ3v) is 3.08. The van der Waals surface area contributed by atoms with Gasteiger partial charge in [0.1, 0.15) is 5.75 Å². The Morgan fingerprint density at radius 2 is 1.62 bits per heavy atom. The fraction of sp³-hybridized carbons (Fsp3) is 0.176. The van der Waals surface area contributed by atoms with Crippen molar-refractivity contribution < 1.29 is 5.11 Å². The van der Waals surface area contributed by atoms with Gasteiger partial charge in [-0.25, -0.2) is 4.98 Å². The van der Waals surface area contributed by atoms with Crippen LogP contribution in [0.1, 0.15) is 0 Å². The Morgan fingerprint density at radius 1 is 0.875 bits per heavy atom. The Hall–Kier alpha value is -2.80. The molecule has 4 rings (SSSR count). The van der Waals surface area contributed by atoms with Gasteiger partial charge in [-0.1, -0.05) is 0 Å². The quantitative estimate of drug-likeness (QED) is 0.532. The second-order valence-electron chi connectivity index (χ2n) is 4.79. The van der Waals surface area contributed by atoms with Crippen LogP contribution in [0.15, 0.2) is 78.8 Å². The van der Waals surface area contributed by atoms with Crippen molar-refractivity contribution in [1.82, 2.24) is 23.7 Å². The van der Waals surface area contributed by atoms with Crippen molar-refractivity contribution in [3.8, 4) is 5.75 Å². The number of aromatic hydroxyl groups is 1. The molecule has 0 aliphatic rings. The maximum absolute atomic E-state index is 8.63. The first-order valence-electron chi connectivity index (χ1n) is 7.20. The molecule has 0 fully saturated rings. The molecule has 6 nitrogen and oxygen atoms in total. The van der Waals surface area contributed by atoms with Crippen LogP contribution in [0.3, 0.4) is 0 Å². The summed E-state index contributed by atoms with van der Waals surface area (Å²) < 4.78 is 5.68. The minimum atomic E-state index is 0.322. The lowest BCUT2D eigenvalue weighted by atomic mass is 10.6. The number of aromatic nitrogens is 5. The van der Waals surface area contributed by atoms with Gasteiger partial charge in [-0.05, 0) is 18.2 Å². The molecule has 0 saturated heterocycles. The molecule has 0 atom stereocenters. The Balaban J connectivity index is 0.000000161. The van der Waals surface area contributed by atoms with Crippen molar-refractivity contribution in [1.29, 1.82) is 0 Å². The van der Waals surface area contributed by atoms with Crippen LogP contribution in [0.5, 0.6) is 5.75 Å². The summed E-state index contributed by atoms with van der Waals surface area (Å²) in [5.41, 5.74) is 1.79. The van der Waals surface area contributed by atoms with Gasteiger partial charge in [0.05, 0.1) is 11.8 Å². The first-order chi connectivity index (χ1) is 11.6. The van der Waals surface area contributed by atoms with E-state index < -0.39 is 0 Å². The Bertz CT molecular complexity index is 649. The first kappa shape index (κ1) is 19.2. The minimum Gasteiger partial charge on any atom is -0.506 e. The minimum absolute atomic E-state index is 0.322. The van der Waals surface area contributed by atoms with E-state index in [1.807, 2.05) is 66.4 Å². The van der Waals surface area contributed by atoms with E-state index >= 15 is 0 Å². The third kappa shape index (κ3) is 10.0. The Labute approximate surface area is 146 Å². The zero-order chi connectivity index (χ0) is 17.6. The maximum atomic E-state index is 8.63. The highest BCUT2D eigenvalue weighted by Gasteiger charge is 1.83. The summed E-state index contributed by atoms with van der Waals surface area (Å²) in [6.45, 7) is 0. The van der Waals surface area contributed by atoms with Gasteiger partial charge in [-0.3, -0.25) is 4.98 Å². The molecule has 24 heavy (non-hydrogen) atoms. The molecule has 7 heteroatoms. The largest absolute Gasteiger partial charge is 0.506 e. The normalized spacial score (nSPS) is 8.79. The van der Waals surface area contributed by atoms with Crippen LogP contribution in [0.2, 0.25) is 0 Å². The van der Waals surface area contributed by atoms with Crippen LogP contribution >= 0.6 is 11.3 Å². The zero-order valence-electron chi connectivity index (χ0n) is 14.1. The highest BCUT2D eigenvalue weighted by Crippen LogP contribution is 2.04. The molecule has 1 N–H and O–H groups in total. The lowest BCUT2D eigenvalue weighted by Gasteiger charge is -1.80. The molecule has 0 aromatic carbocycles. The number of rotatable bonds is 0. The predicted molar refractivity (Wildman–Crippen MR) is 97.8 cm³/mol. The van der Waals surface area contributed by atoms with Gasteiger partial charge in [0.2, 0.25) is 0 Å². The summed E-state index contributed by atoms with van der Waals surface area (Å²) in [6, 6.07) is 5.64. The van der Waals surface area contributed by atoms with Crippen molar-refractivity contribution in [2.45, 2.75) is 0 Å². The molecule has 4 aromatic heterocycles. The van der Waals surface area contributed by atoms with Gasteiger partial charge in [0, 0.05) is 69.9 Å². The Kier molecular flexibility index (Phi) is 9.40. The zero-order valence-corrected chi connectivity index (χ0v) is 14.9. The van der Waals surface area contributed by atoms with Crippen molar-refractivity contribution in [3.63, 3.8) is 0 Å². The van der Waals surface area contributed by atoms with Crippen LogP contribution < -0.4 is 0 Å². The van der Waals surface area contributed by atoms with E-state index in [-0.39, 0.29) is 0 Å². The maximum Gasteiger partial charge on any atom is 0.133 e. The highest BCUT2D eigenvalue weighted by molar-refractivity contribution is 7.07. The Morgan fingerprint density at radius 3 is 1.79 bits per heavy atom.